The third-order valence-electron chi connectivity index (χ3n) is 4.43. The molecule has 124 valence electrons. The standard InChI is InChI=1S/C17H23N3O2S/c1-17(2,3)14-4-6-16(7-5-14)23(21,22)20-10-8-15(12-20)19-11-9-18-13-19/h4-7,9,11,13,15H,8,10,12H2,1-3H3/t15-/m1/s1. The molecule has 1 fully saturated rings. The summed E-state index contributed by atoms with van der Waals surface area (Å²) >= 11 is 0. The number of benzene rings is 1. The highest BCUT2D eigenvalue weighted by atomic mass is 32.2. The fourth-order valence-corrected chi connectivity index (χ4v) is 4.43. The number of sulfonamides is 1. The van der Waals surface area contributed by atoms with Gasteiger partial charge in [-0.3, -0.25) is 0 Å². The fourth-order valence-electron chi connectivity index (χ4n) is 2.93. The van der Waals surface area contributed by atoms with Gasteiger partial charge in [0.25, 0.3) is 0 Å². The van der Waals surface area contributed by atoms with Gasteiger partial charge in [0.2, 0.25) is 10.0 Å². The average molecular weight is 333 g/mol. The van der Waals surface area contributed by atoms with Crippen LogP contribution in [0.5, 0.6) is 0 Å². The van der Waals surface area contributed by atoms with Crippen molar-refractivity contribution >= 4 is 10.0 Å². The van der Waals surface area contributed by atoms with Crippen molar-refractivity contribution in [2.75, 3.05) is 13.1 Å². The Morgan fingerprint density at radius 2 is 1.87 bits per heavy atom. The van der Waals surface area contributed by atoms with Gasteiger partial charge in [-0.25, -0.2) is 13.4 Å². The van der Waals surface area contributed by atoms with E-state index in [-0.39, 0.29) is 11.5 Å². The molecule has 3 rings (SSSR count). The predicted molar refractivity (Wildman–Crippen MR) is 89.8 cm³/mol. The number of imidazole rings is 1. The van der Waals surface area contributed by atoms with Crippen LogP contribution >= 0.6 is 0 Å². The van der Waals surface area contributed by atoms with Gasteiger partial charge in [0, 0.05) is 31.5 Å². The molecule has 0 aliphatic carbocycles. The van der Waals surface area contributed by atoms with E-state index in [9.17, 15) is 8.42 Å². The molecule has 0 radical (unpaired) electrons. The molecule has 1 aromatic heterocycles. The van der Waals surface area contributed by atoms with Crippen molar-refractivity contribution in [2.45, 2.75) is 43.5 Å². The first-order valence-electron chi connectivity index (χ1n) is 7.86. The molecule has 2 heterocycles. The zero-order valence-corrected chi connectivity index (χ0v) is 14.6. The first-order chi connectivity index (χ1) is 10.8. The summed E-state index contributed by atoms with van der Waals surface area (Å²) in [6.45, 7) is 7.40. The van der Waals surface area contributed by atoms with Crippen LogP contribution in [0.3, 0.4) is 0 Å². The lowest BCUT2D eigenvalue weighted by atomic mass is 9.87. The molecular weight excluding hydrogens is 310 g/mol. The first kappa shape index (κ1) is 16.2. The Labute approximate surface area is 138 Å². The third kappa shape index (κ3) is 3.19. The second-order valence-corrected chi connectivity index (χ2v) is 9.03. The molecule has 0 bridgehead atoms. The molecule has 0 unspecified atom stereocenters. The number of hydrogen-bond acceptors (Lipinski definition) is 3. The lowest BCUT2D eigenvalue weighted by molar-refractivity contribution is 0.451. The van der Waals surface area contributed by atoms with Gasteiger partial charge in [0.1, 0.15) is 0 Å². The lowest BCUT2D eigenvalue weighted by Gasteiger charge is -2.21. The van der Waals surface area contributed by atoms with Gasteiger partial charge in [-0.2, -0.15) is 4.31 Å². The number of rotatable bonds is 3. The third-order valence-corrected chi connectivity index (χ3v) is 6.31. The maximum atomic E-state index is 12.8. The van der Waals surface area contributed by atoms with Crippen LogP contribution in [0, 0.1) is 0 Å². The Morgan fingerprint density at radius 3 is 2.43 bits per heavy atom. The molecule has 1 saturated heterocycles. The fraction of sp³-hybridized carbons (Fsp3) is 0.471. The molecule has 1 aliphatic rings. The van der Waals surface area contributed by atoms with E-state index < -0.39 is 10.0 Å². The van der Waals surface area contributed by atoms with E-state index in [1.165, 1.54) is 0 Å². The van der Waals surface area contributed by atoms with E-state index in [1.54, 1.807) is 29.0 Å². The van der Waals surface area contributed by atoms with Gasteiger partial charge in [-0.1, -0.05) is 32.9 Å². The smallest absolute Gasteiger partial charge is 0.243 e. The maximum Gasteiger partial charge on any atom is 0.243 e. The molecule has 0 spiro atoms. The van der Waals surface area contributed by atoms with Crippen LogP contribution in [0.2, 0.25) is 0 Å². The van der Waals surface area contributed by atoms with Crippen molar-refractivity contribution in [1.29, 1.82) is 0 Å². The van der Waals surface area contributed by atoms with Crippen molar-refractivity contribution in [3.63, 3.8) is 0 Å². The Hall–Kier alpha value is -1.66. The van der Waals surface area contributed by atoms with Crippen LogP contribution < -0.4 is 0 Å². The summed E-state index contributed by atoms with van der Waals surface area (Å²) in [4.78, 5) is 4.41. The lowest BCUT2D eigenvalue weighted by Crippen LogP contribution is -2.29. The van der Waals surface area contributed by atoms with Gasteiger partial charge in [-0.15, -0.1) is 0 Å². The number of aromatic nitrogens is 2. The Kier molecular flexibility index (Phi) is 4.06. The van der Waals surface area contributed by atoms with Gasteiger partial charge in [-0.05, 0) is 29.5 Å². The molecule has 23 heavy (non-hydrogen) atoms. The summed E-state index contributed by atoms with van der Waals surface area (Å²) in [5.74, 6) is 0. The van der Waals surface area contributed by atoms with Crippen molar-refractivity contribution < 1.29 is 8.42 Å². The van der Waals surface area contributed by atoms with E-state index in [1.807, 2.05) is 22.9 Å². The zero-order valence-electron chi connectivity index (χ0n) is 13.8. The topological polar surface area (TPSA) is 55.2 Å². The van der Waals surface area contributed by atoms with E-state index in [4.69, 9.17) is 0 Å². The van der Waals surface area contributed by atoms with Crippen LogP contribution in [0.25, 0.3) is 0 Å². The monoisotopic (exact) mass is 333 g/mol. The largest absolute Gasteiger partial charge is 0.333 e. The van der Waals surface area contributed by atoms with E-state index in [2.05, 4.69) is 25.8 Å². The summed E-state index contributed by atoms with van der Waals surface area (Å²) < 4.78 is 29.2. The molecule has 0 saturated carbocycles. The van der Waals surface area contributed by atoms with Gasteiger partial charge in [0.05, 0.1) is 11.2 Å². The minimum atomic E-state index is -3.43. The molecule has 2 aromatic rings. The van der Waals surface area contributed by atoms with Crippen LogP contribution in [-0.2, 0) is 15.4 Å². The molecule has 1 atom stereocenters. The summed E-state index contributed by atoms with van der Waals surface area (Å²) in [7, 11) is -3.43. The average Bonchev–Trinajstić information content (AvgIpc) is 3.17. The van der Waals surface area contributed by atoms with Crippen LogP contribution in [0.15, 0.2) is 47.9 Å². The molecule has 1 aromatic carbocycles. The van der Waals surface area contributed by atoms with Crippen molar-refractivity contribution in [3.05, 3.63) is 48.5 Å². The van der Waals surface area contributed by atoms with Crippen molar-refractivity contribution in [3.8, 4) is 0 Å². The molecule has 0 amide bonds. The Morgan fingerprint density at radius 1 is 1.17 bits per heavy atom. The van der Waals surface area contributed by atoms with Gasteiger partial charge >= 0.3 is 0 Å². The highest BCUT2D eigenvalue weighted by Crippen LogP contribution is 2.29. The summed E-state index contributed by atoms with van der Waals surface area (Å²) in [6, 6.07) is 7.44. The summed E-state index contributed by atoms with van der Waals surface area (Å²) in [6.07, 6.45) is 6.18. The SMILES string of the molecule is CC(C)(C)c1ccc(S(=O)(=O)N2CC[C@@H](n3ccnc3)C2)cc1. The molecule has 0 N–H and O–H groups in total. The Bertz CT molecular complexity index is 759. The molecule has 5 nitrogen and oxygen atoms in total. The highest BCUT2D eigenvalue weighted by Gasteiger charge is 2.33. The summed E-state index contributed by atoms with van der Waals surface area (Å²) in [5, 5.41) is 0. The zero-order chi connectivity index (χ0) is 16.7. The second kappa shape index (κ2) is 5.76. The van der Waals surface area contributed by atoms with Gasteiger partial charge in [0.15, 0.2) is 0 Å². The van der Waals surface area contributed by atoms with Crippen LogP contribution in [0.1, 0.15) is 38.8 Å². The molecule has 1 aliphatic heterocycles. The molecular formula is C17H23N3O2S. The quantitative estimate of drug-likeness (QED) is 0.868. The van der Waals surface area contributed by atoms with Crippen molar-refractivity contribution in [1.82, 2.24) is 13.9 Å². The minimum absolute atomic E-state index is 0.0163. The second-order valence-electron chi connectivity index (χ2n) is 7.09. The number of nitrogens with zero attached hydrogens (tertiary/aromatic N) is 3. The molecule has 6 heteroatoms. The van der Waals surface area contributed by atoms with E-state index in [0.29, 0.717) is 18.0 Å². The highest BCUT2D eigenvalue weighted by molar-refractivity contribution is 7.89. The normalized spacial score (nSPS) is 20.0. The number of hydrogen-bond donors (Lipinski definition) is 0. The predicted octanol–water partition coefficient (Wildman–Crippen LogP) is 2.82. The minimum Gasteiger partial charge on any atom is -0.333 e. The van der Waals surface area contributed by atoms with E-state index >= 15 is 0 Å². The summed E-state index contributed by atoms with van der Waals surface area (Å²) in [5.41, 5.74) is 1.15. The van der Waals surface area contributed by atoms with Crippen LogP contribution in [0.4, 0.5) is 0 Å². The first-order valence-corrected chi connectivity index (χ1v) is 9.30. The van der Waals surface area contributed by atoms with Crippen LogP contribution in [-0.4, -0.2) is 35.4 Å². The maximum absolute atomic E-state index is 12.8. The van der Waals surface area contributed by atoms with Gasteiger partial charge < -0.3 is 4.57 Å². The Balaban J connectivity index is 1.79. The van der Waals surface area contributed by atoms with Crippen molar-refractivity contribution in [2.24, 2.45) is 0 Å². The van der Waals surface area contributed by atoms with E-state index in [0.717, 1.165) is 12.0 Å².